The first-order valence-corrected chi connectivity index (χ1v) is 10.2. The molecule has 0 saturated heterocycles. The number of ether oxygens (including phenoxy) is 2. The number of hydrogen-bond donors (Lipinski definition) is 2. The van der Waals surface area contributed by atoms with Gasteiger partial charge in [-0.3, -0.25) is 0 Å². The summed E-state index contributed by atoms with van der Waals surface area (Å²) in [4.78, 5) is 33.6. The molecule has 1 heterocycles. The maximum absolute atomic E-state index is 12.4. The fourth-order valence-electron chi connectivity index (χ4n) is 1.50. The third kappa shape index (κ3) is 11.1. The van der Waals surface area contributed by atoms with Gasteiger partial charge in [-0.1, -0.05) is 6.92 Å². The number of aromatic nitrogens is 2. The van der Waals surface area contributed by atoms with Crippen molar-refractivity contribution in [3.63, 3.8) is 0 Å². The molecule has 2 N–H and O–H groups in total. The highest BCUT2D eigenvalue weighted by Gasteiger charge is 2.34. The number of hydrogen-bond acceptors (Lipinski definition) is 8. The van der Waals surface area contributed by atoms with Crippen LogP contribution in [0.2, 0.25) is 0 Å². The molecule has 0 spiro atoms. The molecule has 0 aliphatic rings. The summed E-state index contributed by atoms with van der Waals surface area (Å²) in [6.45, 7) is 18.5. The maximum atomic E-state index is 12.4. The monoisotopic (exact) mass is 441 g/mol. The highest BCUT2D eigenvalue weighted by Crippen LogP contribution is 2.20. The molecule has 0 fully saturated rings. The number of amides is 2. The molecule has 1 aromatic heterocycles. The predicted octanol–water partition coefficient (Wildman–Crippen LogP) is 4.24. The number of rotatable bonds is 3. The molecule has 1 rings (SSSR count). The van der Waals surface area contributed by atoms with E-state index in [1.165, 1.54) is 0 Å². The van der Waals surface area contributed by atoms with E-state index in [0.717, 1.165) is 12.0 Å². The van der Waals surface area contributed by atoms with Gasteiger partial charge < -0.3 is 19.7 Å². The van der Waals surface area contributed by atoms with Gasteiger partial charge in [0.1, 0.15) is 11.2 Å². The molecular formula is C22H39N3O6. The van der Waals surface area contributed by atoms with E-state index in [1.807, 2.05) is 6.92 Å². The van der Waals surface area contributed by atoms with Gasteiger partial charge in [0.05, 0.1) is 11.2 Å². The van der Waals surface area contributed by atoms with Crippen LogP contribution < -0.4 is 4.90 Å². The van der Waals surface area contributed by atoms with Gasteiger partial charge in [0.15, 0.2) is 0 Å². The standard InChI is InChI=1S/C16H25N3O4.C6H14O2/c1-8-11-9-17-12(18-10-11)19(13(20)22-15(2,3)4)14(21)23-16(5,6)7;1-5(2,7)6(3,4)8/h9-10H,8H2,1-7H3;7-8H,1-4H3. The minimum atomic E-state index is -1.01. The van der Waals surface area contributed by atoms with E-state index < -0.39 is 34.6 Å². The van der Waals surface area contributed by atoms with Crippen molar-refractivity contribution in [1.82, 2.24) is 9.97 Å². The molecule has 0 unspecified atom stereocenters. The first-order chi connectivity index (χ1) is 13.7. The third-order valence-electron chi connectivity index (χ3n) is 3.95. The van der Waals surface area contributed by atoms with Crippen LogP contribution in [0.15, 0.2) is 12.4 Å². The number of aliphatic hydroxyl groups is 2. The van der Waals surface area contributed by atoms with Crippen LogP contribution in [0.5, 0.6) is 0 Å². The average Bonchev–Trinajstić information content (AvgIpc) is 2.51. The highest BCUT2D eigenvalue weighted by atomic mass is 16.6. The second-order valence-electron chi connectivity index (χ2n) is 10.2. The second kappa shape index (κ2) is 10.4. The lowest BCUT2D eigenvalue weighted by molar-refractivity contribution is -0.107. The van der Waals surface area contributed by atoms with Gasteiger partial charge in [-0.25, -0.2) is 19.6 Å². The number of carbonyl (C=O) groups excluding carboxylic acids is 2. The largest absolute Gasteiger partial charge is 0.443 e. The van der Waals surface area contributed by atoms with Crippen LogP contribution in [-0.4, -0.2) is 54.8 Å². The predicted molar refractivity (Wildman–Crippen MR) is 119 cm³/mol. The van der Waals surface area contributed by atoms with Gasteiger partial charge in [0.25, 0.3) is 0 Å². The molecule has 178 valence electrons. The zero-order valence-corrected chi connectivity index (χ0v) is 20.7. The molecule has 9 nitrogen and oxygen atoms in total. The van der Waals surface area contributed by atoms with E-state index in [2.05, 4.69) is 9.97 Å². The molecular weight excluding hydrogens is 402 g/mol. The summed E-state index contributed by atoms with van der Waals surface area (Å²) < 4.78 is 10.5. The van der Waals surface area contributed by atoms with E-state index in [-0.39, 0.29) is 5.95 Å². The maximum Gasteiger partial charge on any atom is 0.427 e. The van der Waals surface area contributed by atoms with E-state index in [1.54, 1.807) is 81.6 Å². The fourth-order valence-corrected chi connectivity index (χ4v) is 1.50. The number of aryl methyl sites for hydroxylation is 1. The molecule has 0 aliphatic carbocycles. The lowest BCUT2D eigenvalue weighted by Crippen LogP contribution is -2.44. The normalized spacial score (nSPS) is 12.4. The van der Waals surface area contributed by atoms with Crippen molar-refractivity contribution < 1.29 is 29.3 Å². The Balaban J connectivity index is 0.000000954. The lowest BCUT2D eigenvalue weighted by atomic mass is 9.90. The number of carbonyl (C=O) groups is 2. The molecule has 0 atom stereocenters. The van der Waals surface area contributed by atoms with Crippen molar-refractivity contribution in [2.75, 3.05) is 4.90 Å². The van der Waals surface area contributed by atoms with Crippen LogP contribution >= 0.6 is 0 Å². The lowest BCUT2D eigenvalue weighted by Gasteiger charge is -2.31. The number of nitrogens with zero attached hydrogens (tertiary/aromatic N) is 3. The first-order valence-electron chi connectivity index (χ1n) is 10.2. The number of imide groups is 1. The molecule has 0 aliphatic heterocycles. The van der Waals surface area contributed by atoms with Crippen molar-refractivity contribution in [1.29, 1.82) is 0 Å². The Kier molecular flexibility index (Phi) is 9.61. The van der Waals surface area contributed by atoms with Gasteiger partial charge in [-0.05, 0) is 81.2 Å². The average molecular weight is 442 g/mol. The van der Waals surface area contributed by atoms with Gasteiger partial charge in [-0.2, -0.15) is 0 Å². The molecule has 9 heteroatoms. The van der Waals surface area contributed by atoms with Gasteiger partial charge >= 0.3 is 12.2 Å². The summed E-state index contributed by atoms with van der Waals surface area (Å²) in [5, 5.41) is 18.2. The van der Waals surface area contributed by atoms with E-state index in [4.69, 9.17) is 19.7 Å². The Bertz CT molecular complexity index is 680. The minimum absolute atomic E-state index is 0.0781. The summed E-state index contributed by atoms with van der Waals surface area (Å²) in [6.07, 6.45) is 2.11. The molecule has 2 amide bonds. The van der Waals surface area contributed by atoms with E-state index in [9.17, 15) is 9.59 Å². The first kappa shape index (κ1) is 28.7. The van der Waals surface area contributed by atoms with Crippen molar-refractivity contribution in [3.8, 4) is 0 Å². The van der Waals surface area contributed by atoms with Crippen molar-refractivity contribution >= 4 is 18.1 Å². The second-order valence-corrected chi connectivity index (χ2v) is 10.2. The Morgan fingerprint density at radius 3 is 1.35 bits per heavy atom. The zero-order valence-electron chi connectivity index (χ0n) is 20.7. The molecule has 1 aromatic rings. The van der Waals surface area contributed by atoms with Gasteiger partial charge in [0.2, 0.25) is 5.95 Å². The topological polar surface area (TPSA) is 122 Å². The van der Waals surface area contributed by atoms with Crippen LogP contribution in [0, 0.1) is 0 Å². The van der Waals surface area contributed by atoms with Gasteiger partial charge in [0, 0.05) is 12.4 Å². The molecule has 0 aromatic carbocycles. The summed E-state index contributed by atoms with van der Waals surface area (Å²) >= 11 is 0. The van der Waals surface area contributed by atoms with Crippen LogP contribution in [0.1, 0.15) is 81.7 Å². The smallest absolute Gasteiger partial charge is 0.427 e. The molecule has 0 radical (unpaired) electrons. The summed E-state index contributed by atoms with van der Waals surface area (Å²) in [5.41, 5.74) is -2.65. The molecule has 31 heavy (non-hydrogen) atoms. The van der Waals surface area contributed by atoms with E-state index in [0.29, 0.717) is 4.90 Å². The Labute approximate surface area is 185 Å². The fraction of sp³-hybridized carbons (Fsp3) is 0.727. The molecule has 0 saturated carbocycles. The Morgan fingerprint density at radius 1 is 0.806 bits per heavy atom. The third-order valence-corrected chi connectivity index (χ3v) is 3.95. The minimum Gasteiger partial charge on any atom is -0.443 e. The Hall–Kier alpha value is -2.26. The quantitative estimate of drug-likeness (QED) is 0.714. The highest BCUT2D eigenvalue weighted by molar-refractivity contribution is 6.08. The van der Waals surface area contributed by atoms with Crippen molar-refractivity contribution in [2.24, 2.45) is 0 Å². The van der Waals surface area contributed by atoms with Crippen molar-refractivity contribution in [2.45, 2.75) is 105 Å². The van der Waals surface area contributed by atoms with E-state index >= 15 is 0 Å². The number of anilines is 1. The zero-order chi connectivity index (χ0) is 24.8. The molecule has 0 bridgehead atoms. The van der Waals surface area contributed by atoms with Crippen LogP contribution in [0.4, 0.5) is 15.5 Å². The van der Waals surface area contributed by atoms with Crippen LogP contribution in [-0.2, 0) is 15.9 Å². The summed E-state index contributed by atoms with van der Waals surface area (Å²) in [5.74, 6) is -0.0781. The van der Waals surface area contributed by atoms with Crippen LogP contribution in [0.3, 0.4) is 0 Å². The van der Waals surface area contributed by atoms with Crippen LogP contribution in [0.25, 0.3) is 0 Å². The SMILES string of the molecule is CC(C)(O)C(C)(C)O.CCc1cnc(N(C(=O)OC(C)(C)C)C(=O)OC(C)(C)C)nc1. The Morgan fingerprint density at radius 2 is 1.13 bits per heavy atom. The van der Waals surface area contributed by atoms with Crippen molar-refractivity contribution in [3.05, 3.63) is 18.0 Å². The van der Waals surface area contributed by atoms with Gasteiger partial charge in [-0.15, -0.1) is 4.90 Å². The summed E-state index contributed by atoms with van der Waals surface area (Å²) in [7, 11) is 0. The summed E-state index contributed by atoms with van der Waals surface area (Å²) in [6, 6.07) is 0.